The molecule has 0 saturated carbocycles. The Bertz CT molecular complexity index is 743. The first kappa shape index (κ1) is 20.2. The Morgan fingerprint density at radius 3 is 2.44 bits per heavy atom. The summed E-state index contributed by atoms with van der Waals surface area (Å²) in [6.07, 6.45) is 2.34. The van der Waals surface area contributed by atoms with Gasteiger partial charge in [-0.25, -0.2) is 13.1 Å². The van der Waals surface area contributed by atoms with Gasteiger partial charge in [0.15, 0.2) is 0 Å². The maximum absolute atomic E-state index is 12.6. The van der Waals surface area contributed by atoms with E-state index in [1.54, 1.807) is 42.7 Å². The van der Waals surface area contributed by atoms with Crippen molar-refractivity contribution in [3.8, 4) is 5.75 Å². The Morgan fingerprint density at radius 2 is 1.88 bits per heavy atom. The zero-order valence-corrected chi connectivity index (χ0v) is 16.5. The fourth-order valence-corrected chi connectivity index (χ4v) is 4.75. The Morgan fingerprint density at radius 1 is 1.20 bits per heavy atom. The van der Waals surface area contributed by atoms with Crippen LogP contribution in [-0.4, -0.2) is 40.1 Å². The molecule has 1 saturated heterocycles. The number of ether oxygens (including phenoxy) is 1. The molecule has 0 aliphatic carbocycles. The van der Waals surface area contributed by atoms with Gasteiger partial charge in [0.25, 0.3) is 0 Å². The van der Waals surface area contributed by atoms with Gasteiger partial charge in [-0.1, -0.05) is 0 Å². The number of rotatable bonds is 7. The van der Waals surface area contributed by atoms with Crippen molar-refractivity contribution >= 4 is 33.8 Å². The second-order valence-electron chi connectivity index (χ2n) is 5.84. The van der Waals surface area contributed by atoms with Crippen LogP contribution >= 0.6 is 23.7 Å². The van der Waals surface area contributed by atoms with Crippen molar-refractivity contribution < 1.29 is 13.2 Å². The molecule has 1 N–H and O–H groups in total. The first-order valence-corrected chi connectivity index (χ1v) is 10.4. The average Bonchev–Trinajstić information content (AvgIpc) is 3.29. The van der Waals surface area contributed by atoms with E-state index in [1.165, 1.54) is 18.4 Å². The molecule has 1 unspecified atom stereocenters. The van der Waals surface area contributed by atoms with Crippen LogP contribution in [0.4, 0.5) is 0 Å². The van der Waals surface area contributed by atoms with Crippen molar-refractivity contribution in [2.45, 2.75) is 23.8 Å². The fourth-order valence-electron chi connectivity index (χ4n) is 3.00. The van der Waals surface area contributed by atoms with Crippen LogP contribution in [0.25, 0.3) is 0 Å². The molecule has 0 spiro atoms. The molecule has 5 nitrogen and oxygen atoms in total. The summed E-state index contributed by atoms with van der Waals surface area (Å²) in [5, 5.41) is 4.14. The molecular formula is C17H23ClN2O3S2. The molecule has 0 bridgehead atoms. The van der Waals surface area contributed by atoms with Crippen molar-refractivity contribution in [3.05, 3.63) is 46.7 Å². The molecule has 1 aromatic carbocycles. The molecular weight excluding hydrogens is 380 g/mol. The highest BCUT2D eigenvalue weighted by Crippen LogP contribution is 2.26. The lowest BCUT2D eigenvalue weighted by Gasteiger charge is -2.27. The lowest BCUT2D eigenvalue weighted by Crippen LogP contribution is -2.36. The molecule has 3 rings (SSSR count). The summed E-state index contributed by atoms with van der Waals surface area (Å²) in [7, 11) is -1.97. The first-order chi connectivity index (χ1) is 11.6. The Balaban J connectivity index is 0.00000225. The van der Waals surface area contributed by atoms with E-state index in [1.807, 2.05) is 5.38 Å². The van der Waals surface area contributed by atoms with Gasteiger partial charge >= 0.3 is 0 Å². The lowest BCUT2D eigenvalue weighted by molar-refractivity contribution is 0.247. The molecule has 0 radical (unpaired) electrons. The van der Waals surface area contributed by atoms with Crippen molar-refractivity contribution in [2.24, 2.45) is 0 Å². The summed E-state index contributed by atoms with van der Waals surface area (Å²) >= 11 is 1.64. The highest BCUT2D eigenvalue weighted by molar-refractivity contribution is 7.89. The lowest BCUT2D eigenvalue weighted by atomic mass is 10.1. The van der Waals surface area contributed by atoms with Crippen LogP contribution < -0.4 is 9.46 Å². The fraction of sp³-hybridized carbons (Fsp3) is 0.412. The minimum atomic E-state index is -3.53. The first-order valence-electron chi connectivity index (χ1n) is 8.00. The third-order valence-electron chi connectivity index (χ3n) is 4.35. The minimum absolute atomic E-state index is 0. The second-order valence-corrected chi connectivity index (χ2v) is 8.39. The molecule has 0 amide bonds. The van der Waals surface area contributed by atoms with Crippen molar-refractivity contribution in [2.75, 3.05) is 26.7 Å². The summed E-state index contributed by atoms with van der Waals surface area (Å²) in [6, 6.07) is 8.62. The van der Waals surface area contributed by atoms with Gasteiger partial charge in [0.2, 0.25) is 10.0 Å². The standard InChI is InChI=1S/C17H22N2O3S2.ClH/c1-22-15-4-6-16(7-5-15)24(20,21)18-12-17(14-8-11-23-13-14)19-9-2-3-10-19;/h4-8,11,13,17-18H,2-3,9-10,12H2,1H3;1H. The van der Waals surface area contributed by atoms with Crippen LogP contribution in [0.2, 0.25) is 0 Å². The number of nitrogens with zero attached hydrogens (tertiary/aromatic N) is 1. The van der Waals surface area contributed by atoms with Crippen molar-refractivity contribution in [1.29, 1.82) is 0 Å². The van der Waals surface area contributed by atoms with Crippen LogP contribution in [0.3, 0.4) is 0 Å². The predicted molar refractivity (Wildman–Crippen MR) is 103 cm³/mol. The van der Waals surface area contributed by atoms with E-state index >= 15 is 0 Å². The number of thiophene rings is 1. The van der Waals surface area contributed by atoms with Crippen molar-refractivity contribution in [3.63, 3.8) is 0 Å². The molecule has 2 aromatic rings. The van der Waals surface area contributed by atoms with E-state index in [-0.39, 0.29) is 23.3 Å². The van der Waals surface area contributed by atoms with Crippen LogP contribution in [0, 0.1) is 0 Å². The average molecular weight is 403 g/mol. The SMILES string of the molecule is COc1ccc(S(=O)(=O)NCC(c2ccsc2)N2CCCC2)cc1.Cl. The third kappa shape index (κ3) is 4.95. The number of hydrogen-bond donors (Lipinski definition) is 1. The number of hydrogen-bond acceptors (Lipinski definition) is 5. The molecule has 1 aliphatic rings. The Hall–Kier alpha value is -1.12. The third-order valence-corrected chi connectivity index (χ3v) is 6.49. The number of likely N-dealkylation sites (tertiary alicyclic amines) is 1. The van der Waals surface area contributed by atoms with Gasteiger partial charge in [0, 0.05) is 12.6 Å². The maximum Gasteiger partial charge on any atom is 0.240 e. The van der Waals surface area contributed by atoms with Gasteiger partial charge < -0.3 is 4.74 Å². The normalized spacial score (nSPS) is 16.4. The van der Waals surface area contributed by atoms with E-state index in [0.717, 1.165) is 13.1 Å². The second kappa shape index (κ2) is 9.00. The monoisotopic (exact) mass is 402 g/mol. The topological polar surface area (TPSA) is 58.6 Å². The molecule has 1 fully saturated rings. The van der Waals surface area contributed by atoms with Gasteiger partial charge in [-0.05, 0) is 72.6 Å². The van der Waals surface area contributed by atoms with Gasteiger partial charge in [-0.15, -0.1) is 12.4 Å². The summed E-state index contributed by atoms with van der Waals surface area (Å²) in [5.74, 6) is 0.641. The van der Waals surface area contributed by atoms with E-state index in [2.05, 4.69) is 21.1 Å². The van der Waals surface area contributed by atoms with Gasteiger partial charge in [-0.2, -0.15) is 11.3 Å². The van der Waals surface area contributed by atoms with Crippen molar-refractivity contribution in [1.82, 2.24) is 9.62 Å². The quantitative estimate of drug-likeness (QED) is 0.772. The smallest absolute Gasteiger partial charge is 0.240 e. The maximum atomic E-state index is 12.6. The van der Waals surface area contributed by atoms with E-state index < -0.39 is 10.0 Å². The molecule has 2 heterocycles. The summed E-state index contributed by atoms with van der Waals surface area (Å²) in [4.78, 5) is 2.62. The summed E-state index contributed by atoms with van der Waals surface area (Å²) in [5.41, 5.74) is 1.18. The molecule has 1 aromatic heterocycles. The van der Waals surface area contributed by atoms with Crippen LogP contribution in [0.15, 0.2) is 46.0 Å². The molecule has 25 heavy (non-hydrogen) atoms. The Labute approximate surface area is 159 Å². The highest BCUT2D eigenvalue weighted by atomic mass is 35.5. The largest absolute Gasteiger partial charge is 0.497 e. The summed E-state index contributed by atoms with van der Waals surface area (Å²) < 4.78 is 33.0. The number of nitrogens with one attached hydrogen (secondary N) is 1. The van der Waals surface area contributed by atoms with Crippen LogP contribution in [0.5, 0.6) is 5.75 Å². The number of benzene rings is 1. The van der Waals surface area contributed by atoms with E-state index in [0.29, 0.717) is 12.3 Å². The molecule has 8 heteroatoms. The number of sulfonamides is 1. The number of methoxy groups -OCH3 is 1. The minimum Gasteiger partial charge on any atom is -0.497 e. The highest BCUT2D eigenvalue weighted by Gasteiger charge is 2.25. The molecule has 1 atom stereocenters. The van der Waals surface area contributed by atoms with E-state index in [4.69, 9.17) is 4.74 Å². The van der Waals surface area contributed by atoms with Crippen LogP contribution in [0.1, 0.15) is 24.4 Å². The van der Waals surface area contributed by atoms with Gasteiger partial charge in [0.05, 0.1) is 12.0 Å². The molecule has 1 aliphatic heterocycles. The van der Waals surface area contributed by atoms with Gasteiger partial charge in [-0.3, -0.25) is 4.90 Å². The van der Waals surface area contributed by atoms with Gasteiger partial charge in [0.1, 0.15) is 5.75 Å². The Kier molecular flexibility index (Phi) is 7.27. The predicted octanol–water partition coefficient (Wildman–Crippen LogP) is 3.29. The van der Waals surface area contributed by atoms with E-state index in [9.17, 15) is 8.42 Å². The zero-order valence-electron chi connectivity index (χ0n) is 14.1. The zero-order chi connectivity index (χ0) is 17.0. The molecule has 138 valence electrons. The van der Waals surface area contributed by atoms with Crippen LogP contribution in [-0.2, 0) is 10.0 Å². The summed E-state index contributed by atoms with van der Waals surface area (Å²) in [6.45, 7) is 2.42. The number of halogens is 1.